The van der Waals surface area contributed by atoms with Crippen molar-refractivity contribution >= 4 is 10.8 Å². The summed E-state index contributed by atoms with van der Waals surface area (Å²) < 4.78 is 16.2. The molecule has 9 heavy (non-hydrogen) atoms. The number of rotatable bonds is 2. The summed E-state index contributed by atoms with van der Waals surface area (Å²) >= 11 is 0. The molecule has 0 spiro atoms. The summed E-state index contributed by atoms with van der Waals surface area (Å²) in [5.74, 6) is 0.838. The molecule has 0 aromatic carbocycles. The zero-order valence-corrected chi connectivity index (χ0v) is 6.45. The predicted octanol–water partition coefficient (Wildman–Crippen LogP) is 0.892. The zero-order chi connectivity index (χ0) is 6.69. The van der Waals surface area contributed by atoms with Gasteiger partial charge in [0.05, 0.1) is 10.8 Å². The molecule has 1 rings (SSSR count). The molecule has 1 fully saturated rings. The van der Waals surface area contributed by atoms with Gasteiger partial charge in [0.1, 0.15) is 5.44 Å². The van der Waals surface area contributed by atoms with Crippen LogP contribution in [0.2, 0.25) is 0 Å². The molecule has 0 radical (unpaired) electrons. The highest BCUT2D eigenvalue weighted by Gasteiger charge is 2.22. The highest BCUT2D eigenvalue weighted by Crippen LogP contribution is 2.16. The topological polar surface area (TPSA) is 26.3 Å². The van der Waals surface area contributed by atoms with Gasteiger partial charge in [-0.05, 0) is 19.8 Å². The van der Waals surface area contributed by atoms with Gasteiger partial charge in [0.25, 0.3) is 0 Å². The quantitative estimate of drug-likeness (QED) is 0.581. The Balaban J connectivity index is 2.31. The molecule has 0 N–H and O–H groups in total. The average Bonchev–Trinajstić information content (AvgIpc) is 2.18. The van der Waals surface area contributed by atoms with Crippen molar-refractivity contribution in [3.8, 4) is 0 Å². The minimum atomic E-state index is -0.683. The Morgan fingerprint density at radius 3 is 3.00 bits per heavy atom. The maximum absolute atomic E-state index is 11.0. The van der Waals surface area contributed by atoms with Crippen LogP contribution in [0.15, 0.2) is 0 Å². The van der Waals surface area contributed by atoms with Crippen LogP contribution < -0.4 is 0 Å². The Morgan fingerprint density at radius 2 is 2.56 bits per heavy atom. The van der Waals surface area contributed by atoms with Gasteiger partial charge in [-0.2, -0.15) is 0 Å². The number of ether oxygens (including phenoxy) is 1. The lowest BCUT2D eigenvalue weighted by Crippen LogP contribution is -2.12. The van der Waals surface area contributed by atoms with Crippen LogP contribution in [0.25, 0.3) is 0 Å². The van der Waals surface area contributed by atoms with Crippen molar-refractivity contribution in [2.45, 2.75) is 25.2 Å². The first-order chi connectivity index (χ1) is 4.34. The van der Waals surface area contributed by atoms with E-state index < -0.39 is 10.8 Å². The standard InChI is InChI=1S/C6H12O2S/c1-2-8-6-4-3-5-9(6)7/h6H,2-5H2,1H3. The van der Waals surface area contributed by atoms with Crippen LogP contribution in [-0.4, -0.2) is 22.0 Å². The normalized spacial score (nSPS) is 35.2. The van der Waals surface area contributed by atoms with Gasteiger partial charge < -0.3 is 4.74 Å². The fourth-order valence-corrected chi connectivity index (χ4v) is 2.43. The maximum atomic E-state index is 11.0. The van der Waals surface area contributed by atoms with Crippen molar-refractivity contribution < 1.29 is 8.95 Å². The van der Waals surface area contributed by atoms with Crippen molar-refractivity contribution in [2.24, 2.45) is 0 Å². The van der Waals surface area contributed by atoms with Gasteiger partial charge in [0, 0.05) is 12.4 Å². The van der Waals surface area contributed by atoms with Crippen LogP contribution in [0.1, 0.15) is 19.8 Å². The third kappa shape index (κ3) is 1.76. The molecule has 0 aromatic rings. The molecule has 1 heterocycles. The summed E-state index contributed by atoms with van der Waals surface area (Å²) in [6.07, 6.45) is 2.05. The molecule has 2 unspecified atom stereocenters. The maximum Gasteiger partial charge on any atom is 0.132 e. The Bertz CT molecular complexity index is 114. The minimum absolute atomic E-state index is 0.0509. The molecule has 1 saturated heterocycles. The molecule has 0 amide bonds. The lowest BCUT2D eigenvalue weighted by molar-refractivity contribution is 0.120. The lowest BCUT2D eigenvalue weighted by atomic mass is 10.4. The van der Waals surface area contributed by atoms with Crippen LogP contribution >= 0.6 is 0 Å². The Hall–Kier alpha value is 0.110. The van der Waals surface area contributed by atoms with Gasteiger partial charge >= 0.3 is 0 Å². The van der Waals surface area contributed by atoms with Gasteiger partial charge in [-0.3, -0.25) is 4.21 Å². The van der Waals surface area contributed by atoms with Crippen molar-refractivity contribution in [1.82, 2.24) is 0 Å². The number of hydrogen-bond acceptors (Lipinski definition) is 2. The fourth-order valence-electron chi connectivity index (χ4n) is 1.00. The van der Waals surface area contributed by atoms with Crippen LogP contribution in [-0.2, 0) is 15.5 Å². The van der Waals surface area contributed by atoms with E-state index >= 15 is 0 Å². The average molecular weight is 148 g/mol. The molecule has 1 aliphatic rings. The Morgan fingerprint density at radius 1 is 1.78 bits per heavy atom. The van der Waals surface area contributed by atoms with E-state index in [1.807, 2.05) is 6.92 Å². The monoisotopic (exact) mass is 148 g/mol. The molecular weight excluding hydrogens is 136 g/mol. The summed E-state index contributed by atoms with van der Waals surface area (Å²) in [6, 6.07) is 0. The molecule has 0 saturated carbocycles. The second-order valence-corrected chi connectivity index (χ2v) is 3.81. The van der Waals surface area contributed by atoms with Crippen molar-refractivity contribution in [3.63, 3.8) is 0 Å². The first-order valence-corrected chi connectivity index (χ1v) is 4.71. The second-order valence-electron chi connectivity index (χ2n) is 2.11. The molecule has 54 valence electrons. The second kappa shape index (κ2) is 3.32. The van der Waals surface area contributed by atoms with Crippen LogP contribution in [0.5, 0.6) is 0 Å². The summed E-state index contributed by atoms with van der Waals surface area (Å²) in [6.45, 7) is 2.63. The van der Waals surface area contributed by atoms with E-state index in [4.69, 9.17) is 4.74 Å². The summed E-state index contributed by atoms with van der Waals surface area (Å²) in [5, 5.41) is 0. The molecule has 2 nitrogen and oxygen atoms in total. The molecule has 0 bridgehead atoms. The van der Waals surface area contributed by atoms with Crippen LogP contribution in [0.3, 0.4) is 0 Å². The van der Waals surface area contributed by atoms with E-state index in [1.54, 1.807) is 0 Å². The van der Waals surface area contributed by atoms with Gasteiger partial charge in [-0.25, -0.2) is 0 Å². The minimum Gasteiger partial charge on any atom is -0.365 e. The SMILES string of the molecule is CCOC1CCCS1=O. The fraction of sp³-hybridized carbons (Fsp3) is 1.00. The Kier molecular flexibility index (Phi) is 2.66. The van der Waals surface area contributed by atoms with Gasteiger partial charge in [0.2, 0.25) is 0 Å². The van der Waals surface area contributed by atoms with E-state index in [-0.39, 0.29) is 5.44 Å². The molecule has 0 aromatic heterocycles. The molecule has 3 heteroatoms. The lowest BCUT2D eigenvalue weighted by Gasteiger charge is -2.06. The summed E-state index contributed by atoms with van der Waals surface area (Å²) in [4.78, 5) is 0. The van der Waals surface area contributed by atoms with Crippen molar-refractivity contribution in [2.75, 3.05) is 12.4 Å². The van der Waals surface area contributed by atoms with E-state index in [2.05, 4.69) is 0 Å². The summed E-state index contributed by atoms with van der Waals surface area (Å²) in [7, 11) is -0.683. The smallest absolute Gasteiger partial charge is 0.132 e. The van der Waals surface area contributed by atoms with Gasteiger partial charge in [0.15, 0.2) is 0 Å². The van der Waals surface area contributed by atoms with Crippen LogP contribution in [0, 0.1) is 0 Å². The summed E-state index contributed by atoms with van der Waals surface area (Å²) in [5.41, 5.74) is 0.0509. The highest BCUT2D eigenvalue weighted by molar-refractivity contribution is 7.85. The van der Waals surface area contributed by atoms with Crippen LogP contribution in [0.4, 0.5) is 0 Å². The number of hydrogen-bond donors (Lipinski definition) is 0. The van der Waals surface area contributed by atoms with Crippen molar-refractivity contribution in [3.05, 3.63) is 0 Å². The first-order valence-electron chi connectivity index (χ1n) is 3.33. The molecule has 1 aliphatic heterocycles. The van der Waals surface area contributed by atoms with E-state index in [0.717, 1.165) is 18.6 Å². The Labute approximate surface area is 58.0 Å². The molecule has 2 atom stereocenters. The zero-order valence-electron chi connectivity index (χ0n) is 5.63. The van der Waals surface area contributed by atoms with E-state index in [1.165, 1.54) is 0 Å². The largest absolute Gasteiger partial charge is 0.365 e. The van der Waals surface area contributed by atoms with Gasteiger partial charge in [-0.1, -0.05) is 0 Å². The highest BCUT2D eigenvalue weighted by atomic mass is 32.2. The van der Waals surface area contributed by atoms with E-state index in [0.29, 0.717) is 6.61 Å². The predicted molar refractivity (Wildman–Crippen MR) is 37.7 cm³/mol. The third-order valence-electron chi connectivity index (χ3n) is 1.43. The molecular formula is C6H12O2S. The first kappa shape index (κ1) is 7.22. The van der Waals surface area contributed by atoms with Crippen molar-refractivity contribution in [1.29, 1.82) is 0 Å². The van der Waals surface area contributed by atoms with E-state index in [9.17, 15) is 4.21 Å². The third-order valence-corrected chi connectivity index (χ3v) is 3.08. The van der Waals surface area contributed by atoms with Gasteiger partial charge in [-0.15, -0.1) is 0 Å². The molecule has 0 aliphatic carbocycles.